The highest BCUT2D eigenvalue weighted by molar-refractivity contribution is 7.13. The number of nitrogens with two attached hydrogens (primary N) is 1. The summed E-state index contributed by atoms with van der Waals surface area (Å²) in [5.41, 5.74) is 11.7. The molecule has 2 aromatic carbocycles. The highest BCUT2D eigenvalue weighted by Crippen LogP contribution is 2.41. The predicted molar refractivity (Wildman–Crippen MR) is 98.6 cm³/mol. The molecule has 23 heavy (non-hydrogen) atoms. The van der Waals surface area contributed by atoms with E-state index < -0.39 is 0 Å². The van der Waals surface area contributed by atoms with Gasteiger partial charge in [-0.1, -0.05) is 48.5 Å². The highest BCUT2D eigenvalue weighted by atomic mass is 32.1. The van der Waals surface area contributed by atoms with E-state index in [-0.39, 0.29) is 0 Å². The minimum absolute atomic E-state index is 0.604. The Hall–Kier alpha value is -2.59. The van der Waals surface area contributed by atoms with E-state index >= 15 is 0 Å². The second kappa shape index (κ2) is 5.56. The molecule has 2 heterocycles. The van der Waals surface area contributed by atoms with Crippen molar-refractivity contribution in [2.75, 3.05) is 5.73 Å². The maximum atomic E-state index is 5.89. The number of aryl methyl sites for hydroxylation is 1. The molecule has 0 saturated carbocycles. The summed E-state index contributed by atoms with van der Waals surface area (Å²) in [7, 11) is 0. The second-order valence-electron chi connectivity index (χ2n) is 5.42. The van der Waals surface area contributed by atoms with Crippen molar-refractivity contribution < 1.29 is 0 Å². The first kappa shape index (κ1) is 14.0. The van der Waals surface area contributed by atoms with E-state index in [2.05, 4.69) is 65.0 Å². The van der Waals surface area contributed by atoms with Crippen LogP contribution in [-0.2, 0) is 6.54 Å². The third-order valence-electron chi connectivity index (χ3n) is 4.11. The van der Waals surface area contributed by atoms with Crippen molar-refractivity contribution in [3.05, 3.63) is 60.0 Å². The molecule has 0 fully saturated rings. The van der Waals surface area contributed by atoms with Gasteiger partial charge in [0.25, 0.3) is 0 Å². The Morgan fingerprint density at radius 2 is 1.78 bits per heavy atom. The smallest absolute Gasteiger partial charge is 0.180 e. The molecule has 4 heteroatoms. The van der Waals surface area contributed by atoms with Crippen molar-refractivity contribution in [3.63, 3.8) is 0 Å². The van der Waals surface area contributed by atoms with Gasteiger partial charge in [-0.3, -0.25) is 0 Å². The molecule has 2 aromatic heterocycles. The molecule has 3 nitrogen and oxygen atoms in total. The number of thiazole rings is 1. The molecule has 0 aliphatic rings. The lowest BCUT2D eigenvalue weighted by molar-refractivity contribution is 0.806. The van der Waals surface area contributed by atoms with E-state index in [0.29, 0.717) is 5.13 Å². The van der Waals surface area contributed by atoms with E-state index in [1.54, 1.807) is 0 Å². The largest absolute Gasteiger partial charge is 0.375 e. The number of benzene rings is 2. The molecule has 0 amide bonds. The summed E-state index contributed by atoms with van der Waals surface area (Å²) in [5.74, 6) is 0. The Balaban J connectivity index is 2.14. The van der Waals surface area contributed by atoms with Crippen LogP contribution in [0.25, 0.3) is 33.4 Å². The maximum Gasteiger partial charge on any atom is 0.180 e. The van der Waals surface area contributed by atoms with Gasteiger partial charge in [-0.15, -0.1) is 11.3 Å². The Labute approximate surface area is 139 Å². The van der Waals surface area contributed by atoms with Crippen LogP contribution in [-0.4, -0.2) is 9.55 Å². The molecule has 0 radical (unpaired) electrons. The Bertz CT molecular complexity index is 967. The molecule has 0 saturated heterocycles. The van der Waals surface area contributed by atoms with Crippen LogP contribution >= 0.6 is 11.3 Å². The van der Waals surface area contributed by atoms with Crippen molar-refractivity contribution in [1.82, 2.24) is 9.55 Å². The molecule has 4 rings (SSSR count). The van der Waals surface area contributed by atoms with Crippen LogP contribution in [0.2, 0.25) is 0 Å². The molecule has 0 unspecified atom stereocenters. The summed E-state index contributed by atoms with van der Waals surface area (Å²) in [6, 6.07) is 19.0. The fourth-order valence-corrected chi connectivity index (χ4v) is 3.74. The molecule has 0 aliphatic carbocycles. The Morgan fingerprint density at radius 1 is 1.04 bits per heavy atom. The quantitative estimate of drug-likeness (QED) is 0.575. The van der Waals surface area contributed by atoms with Crippen molar-refractivity contribution in [3.8, 4) is 22.5 Å². The summed E-state index contributed by atoms with van der Waals surface area (Å²) in [6.45, 7) is 3.09. The molecule has 4 aromatic rings. The fraction of sp³-hybridized carbons (Fsp3) is 0.105. The number of rotatable bonds is 3. The first-order chi connectivity index (χ1) is 11.3. The van der Waals surface area contributed by atoms with Crippen molar-refractivity contribution >= 4 is 27.4 Å². The lowest BCUT2D eigenvalue weighted by atomic mass is 10.0. The summed E-state index contributed by atoms with van der Waals surface area (Å²) < 4.78 is 2.36. The van der Waals surface area contributed by atoms with Crippen LogP contribution in [0.15, 0.2) is 60.0 Å². The summed E-state index contributed by atoms with van der Waals surface area (Å²) >= 11 is 1.49. The SMILES string of the molecule is CCn1c(-c2ccccc2)c(-c2csc(N)n2)c2ccccc21. The molecule has 2 N–H and O–H groups in total. The monoisotopic (exact) mass is 319 g/mol. The van der Waals surface area contributed by atoms with Crippen molar-refractivity contribution in [2.24, 2.45) is 0 Å². The number of para-hydroxylation sites is 1. The molecular formula is C19H17N3S. The summed E-state index contributed by atoms with van der Waals surface area (Å²) in [5, 5.41) is 3.87. The maximum absolute atomic E-state index is 5.89. The molecule has 0 aliphatic heterocycles. The molecular weight excluding hydrogens is 302 g/mol. The van der Waals surface area contributed by atoms with Crippen LogP contribution in [0.3, 0.4) is 0 Å². The van der Waals surface area contributed by atoms with Crippen LogP contribution in [0, 0.1) is 0 Å². The number of nitrogen functional groups attached to an aromatic ring is 1. The number of aromatic nitrogens is 2. The molecule has 114 valence electrons. The van der Waals surface area contributed by atoms with Gasteiger partial charge in [-0.2, -0.15) is 0 Å². The lowest BCUT2D eigenvalue weighted by Gasteiger charge is -2.10. The van der Waals surface area contributed by atoms with Crippen LogP contribution in [0.1, 0.15) is 6.92 Å². The lowest BCUT2D eigenvalue weighted by Crippen LogP contribution is -1.97. The van der Waals surface area contributed by atoms with E-state index in [1.165, 1.54) is 39.1 Å². The zero-order valence-corrected chi connectivity index (χ0v) is 13.7. The van der Waals surface area contributed by atoms with Gasteiger partial charge in [-0.05, 0) is 18.6 Å². The van der Waals surface area contributed by atoms with Gasteiger partial charge in [0.05, 0.1) is 11.4 Å². The number of hydrogen-bond donors (Lipinski definition) is 1. The third-order valence-corrected chi connectivity index (χ3v) is 4.79. The van der Waals surface area contributed by atoms with Crippen LogP contribution < -0.4 is 5.73 Å². The average Bonchev–Trinajstić information content (AvgIpc) is 3.16. The standard InChI is InChI=1S/C19H17N3S/c1-2-22-16-11-7-6-10-14(16)17(15-12-23-19(20)21-15)18(22)13-8-4-3-5-9-13/h3-12H,2H2,1H3,(H2,20,21). The normalized spacial score (nSPS) is 11.2. The first-order valence-corrected chi connectivity index (χ1v) is 8.55. The topological polar surface area (TPSA) is 43.8 Å². The van der Waals surface area contributed by atoms with Gasteiger partial charge >= 0.3 is 0 Å². The fourth-order valence-electron chi connectivity index (χ4n) is 3.19. The van der Waals surface area contributed by atoms with Gasteiger partial charge in [0.2, 0.25) is 0 Å². The highest BCUT2D eigenvalue weighted by Gasteiger charge is 2.20. The molecule has 0 atom stereocenters. The van der Waals surface area contributed by atoms with E-state index in [4.69, 9.17) is 5.73 Å². The number of anilines is 1. The Morgan fingerprint density at radius 3 is 2.48 bits per heavy atom. The zero-order valence-electron chi connectivity index (χ0n) is 12.9. The zero-order chi connectivity index (χ0) is 15.8. The van der Waals surface area contributed by atoms with E-state index in [1.807, 2.05) is 11.4 Å². The number of nitrogens with zero attached hydrogens (tertiary/aromatic N) is 2. The van der Waals surface area contributed by atoms with Crippen LogP contribution in [0.4, 0.5) is 5.13 Å². The molecule has 0 spiro atoms. The molecule has 0 bridgehead atoms. The summed E-state index contributed by atoms with van der Waals surface area (Å²) in [4.78, 5) is 4.55. The number of hydrogen-bond acceptors (Lipinski definition) is 3. The van der Waals surface area contributed by atoms with Crippen LogP contribution in [0.5, 0.6) is 0 Å². The third kappa shape index (κ3) is 2.23. The van der Waals surface area contributed by atoms with Gasteiger partial charge in [0.1, 0.15) is 0 Å². The second-order valence-corrected chi connectivity index (χ2v) is 6.31. The van der Waals surface area contributed by atoms with E-state index in [9.17, 15) is 0 Å². The van der Waals surface area contributed by atoms with Gasteiger partial charge in [0, 0.05) is 28.4 Å². The minimum Gasteiger partial charge on any atom is -0.375 e. The predicted octanol–water partition coefficient (Wildman–Crippen LogP) is 5.03. The van der Waals surface area contributed by atoms with E-state index in [0.717, 1.165) is 12.2 Å². The first-order valence-electron chi connectivity index (χ1n) is 7.67. The van der Waals surface area contributed by atoms with Gasteiger partial charge in [-0.25, -0.2) is 4.98 Å². The van der Waals surface area contributed by atoms with Gasteiger partial charge in [0.15, 0.2) is 5.13 Å². The van der Waals surface area contributed by atoms with Crippen molar-refractivity contribution in [1.29, 1.82) is 0 Å². The minimum atomic E-state index is 0.604. The van der Waals surface area contributed by atoms with Gasteiger partial charge < -0.3 is 10.3 Å². The van der Waals surface area contributed by atoms with Crippen molar-refractivity contribution in [2.45, 2.75) is 13.5 Å². The average molecular weight is 319 g/mol. The number of fused-ring (bicyclic) bond motifs is 1. The summed E-state index contributed by atoms with van der Waals surface area (Å²) in [6.07, 6.45) is 0. The Kier molecular flexibility index (Phi) is 3.39.